The Bertz CT molecular complexity index is 233. The zero-order chi connectivity index (χ0) is 12.4. The number of carbonyl (C=O) groups is 1. The van der Waals surface area contributed by atoms with Gasteiger partial charge >= 0.3 is 7.60 Å². The highest BCUT2D eigenvalue weighted by Gasteiger charge is 2.19. The highest BCUT2D eigenvalue weighted by Crippen LogP contribution is 2.46. The molecule has 0 aliphatic heterocycles. The number of Topliss-reactive ketones (excluding diaryl/α,β-unsaturated/α-hetero) is 1. The van der Waals surface area contributed by atoms with Gasteiger partial charge in [0.05, 0.1) is 6.16 Å². The standard InChI is InChI=1S/C10H21O5P/c1-10(11)6-4-7-15-8-5-9-16(12,13-2)14-3/h4-9H2,1-3H3. The van der Waals surface area contributed by atoms with E-state index < -0.39 is 7.60 Å². The molecule has 16 heavy (non-hydrogen) atoms. The average molecular weight is 252 g/mol. The van der Waals surface area contributed by atoms with E-state index in [2.05, 4.69) is 0 Å². The van der Waals surface area contributed by atoms with Crippen LogP contribution < -0.4 is 0 Å². The molecule has 0 bridgehead atoms. The predicted octanol–water partition coefficient (Wildman–Crippen LogP) is 2.25. The number of ketones is 1. The van der Waals surface area contributed by atoms with Crippen LogP contribution in [-0.2, 0) is 23.1 Å². The lowest BCUT2D eigenvalue weighted by Crippen LogP contribution is -2.03. The second-order valence-electron chi connectivity index (χ2n) is 3.47. The normalized spacial score (nSPS) is 11.7. The minimum Gasteiger partial charge on any atom is -0.381 e. The average Bonchev–Trinajstić information content (AvgIpc) is 2.27. The summed E-state index contributed by atoms with van der Waals surface area (Å²) < 4.78 is 26.4. The van der Waals surface area contributed by atoms with Gasteiger partial charge in [0.2, 0.25) is 0 Å². The Morgan fingerprint density at radius 1 is 1.12 bits per heavy atom. The number of carbonyl (C=O) groups excluding carboxylic acids is 1. The number of rotatable bonds is 10. The second-order valence-corrected chi connectivity index (χ2v) is 5.87. The van der Waals surface area contributed by atoms with Gasteiger partial charge in [-0.2, -0.15) is 0 Å². The van der Waals surface area contributed by atoms with Crippen LogP contribution in [-0.4, -0.2) is 39.4 Å². The fraction of sp³-hybridized carbons (Fsp3) is 0.900. The summed E-state index contributed by atoms with van der Waals surface area (Å²) in [6.45, 7) is 2.63. The molecule has 0 atom stereocenters. The zero-order valence-electron chi connectivity index (χ0n) is 10.2. The lowest BCUT2D eigenvalue weighted by atomic mass is 10.2. The van der Waals surface area contributed by atoms with E-state index >= 15 is 0 Å². The highest BCUT2D eigenvalue weighted by atomic mass is 31.2. The van der Waals surface area contributed by atoms with Crippen LogP contribution in [0.4, 0.5) is 0 Å². The van der Waals surface area contributed by atoms with Crippen LogP contribution in [0, 0.1) is 0 Å². The Balaban J connectivity index is 3.40. The van der Waals surface area contributed by atoms with Crippen molar-refractivity contribution in [1.29, 1.82) is 0 Å². The number of ether oxygens (including phenoxy) is 1. The van der Waals surface area contributed by atoms with Crippen molar-refractivity contribution in [1.82, 2.24) is 0 Å². The molecule has 0 aliphatic rings. The van der Waals surface area contributed by atoms with Gasteiger partial charge in [-0.1, -0.05) is 0 Å². The smallest absolute Gasteiger partial charge is 0.330 e. The third-order valence-corrected chi connectivity index (χ3v) is 4.07. The Hall–Kier alpha value is -0.220. The lowest BCUT2D eigenvalue weighted by molar-refractivity contribution is -0.117. The summed E-state index contributed by atoms with van der Waals surface area (Å²) in [5, 5.41) is 0. The van der Waals surface area contributed by atoms with E-state index in [9.17, 15) is 9.36 Å². The SMILES string of the molecule is COP(=O)(CCCOCCCC(C)=O)OC. The Labute approximate surface area is 97.0 Å². The zero-order valence-corrected chi connectivity index (χ0v) is 11.1. The van der Waals surface area contributed by atoms with Crippen LogP contribution in [0.5, 0.6) is 0 Å². The Kier molecular flexibility index (Phi) is 8.76. The van der Waals surface area contributed by atoms with E-state index in [1.165, 1.54) is 14.2 Å². The maximum atomic E-state index is 11.6. The first-order chi connectivity index (χ1) is 7.54. The number of hydrogen-bond acceptors (Lipinski definition) is 5. The van der Waals surface area contributed by atoms with Crippen molar-refractivity contribution in [3.63, 3.8) is 0 Å². The summed E-state index contributed by atoms with van der Waals surface area (Å²) in [6, 6.07) is 0. The first-order valence-electron chi connectivity index (χ1n) is 5.32. The molecule has 0 N–H and O–H groups in total. The van der Waals surface area contributed by atoms with Crippen LogP contribution in [0.3, 0.4) is 0 Å². The van der Waals surface area contributed by atoms with E-state index in [1.807, 2.05) is 0 Å². The molecule has 0 aromatic rings. The Morgan fingerprint density at radius 3 is 2.19 bits per heavy atom. The fourth-order valence-electron chi connectivity index (χ4n) is 1.14. The second kappa shape index (κ2) is 8.88. The molecule has 0 amide bonds. The molecule has 96 valence electrons. The molecule has 0 unspecified atom stereocenters. The molecule has 5 nitrogen and oxygen atoms in total. The summed E-state index contributed by atoms with van der Waals surface area (Å²) >= 11 is 0. The largest absolute Gasteiger partial charge is 0.381 e. The van der Waals surface area contributed by atoms with Crippen molar-refractivity contribution in [2.24, 2.45) is 0 Å². The maximum Gasteiger partial charge on any atom is 0.330 e. The van der Waals surface area contributed by atoms with Gasteiger partial charge in [-0.05, 0) is 19.8 Å². The van der Waals surface area contributed by atoms with Crippen molar-refractivity contribution < 1.29 is 23.1 Å². The van der Waals surface area contributed by atoms with Crippen molar-refractivity contribution in [2.75, 3.05) is 33.6 Å². The third kappa shape index (κ3) is 7.99. The lowest BCUT2D eigenvalue weighted by Gasteiger charge is -2.12. The van der Waals surface area contributed by atoms with Gasteiger partial charge in [0.25, 0.3) is 0 Å². The molecule has 0 fully saturated rings. The molecule has 0 rings (SSSR count). The molecule has 0 radical (unpaired) electrons. The van der Waals surface area contributed by atoms with Crippen molar-refractivity contribution in [2.45, 2.75) is 26.2 Å². The van der Waals surface area contributed by atoms with Gasteiger partial charge in [-0.3, -0.25) is 4.57 Å². The van der Waals surface area contributed by atoms with Crippen molar-refractivity contribution in [3.8, 4) is 0 Å². The summed E-state index contributed by atoms with van der Waals surface area (Å²) in [4.78, 5) is 10.6. The molecule has 0 aliphatic carbocycles. The van der Waals surface area contributed by atoms with Gasteiger partial charge in [0.1, 0.15) is 5.78 Å². The van der Waals surface area contributed by atoms with E-state index in [1.54, 1.807) is 6.92 Å². The van der Waals surface area contributed by atoms with E-state index in [0.717, 1.165) is 6.42 Å². The molecule has 6 heteroatoms. The molecule has 0 saturated heterocycles. The highest BCUT2D eigenvalue weighted by molar-refractivity contribution is 7.53. The van der Waals surface area contributed by atoms with E-state index in [4.69, 9.17) is 13.8 Å². The van der Waals surface area contributed by atoms with Gasteiger partial charge < -0.3 is 18.6 Å². The molecule has 0 aromatic heterocycles. The summed E-state index contributed by atoms with van der Waals surface area (Å²) in [5.41, 5.74) is 0. The number of hydrogen-bond donors (Lipinski definition) is 0. The summed E-state index contributed by atoms with van der Waals surface area (Å²) in [5.74, 6) is 0.173. The minimum atomic E-state index is -2.89. The van der Waals surface area contributed by atoms with Gasteiger partial charge in [-0.15, -0.1) is 0 Å². The monoisotopic (exact) mass is 252 g/mol. The first-order valence-corrected chi connectivity index (χ1v) is 7.04. The van der Waals surface area contributed by atoms with Crippen LogP contribution >= 0.6 is 7.60 Å². The molecule has 0 spiro atoms. The van der Waals surface area contributed by atoms with Gasteiger partial charge in [-0.25, -0.2) is 0 Å². The maximum absolute atomic E-state index is 11.6. The molecular weight excluding hydrogens is 231 g/mol. The fourth-order valence-corrected chi connectivity index (χ4v) is 2.17. The first kappa shape index (κ1) is 15.8. The van der Waals surface area contributed by atoms with Gasteiger partial charge in [0, 0.05) is 33.9 Å². The topological polar surface area (TPSA) is 61.8 Å². The van der Waals surface area contributed by atoms with Crippen LogP contribution in [0.15, 0.2) is 0 Å². The van der Waals surface area contributed by atoms with E-state index in [0.29, 0.717) is 32.2 Å². The van der Waals surface area contributed by atoms with Crippen molar-refractivity contribution in [3.05, 3.63) is 0 Å². The van der Waals surface area contributed by atoms with Crippen LogP contribution in [0.2, 0.25) is 0 Å². The quantitative estimate of drug-likeness (QED) is 0.441. The van der Waals surface area contributed by atoms with E-state index in [-0.39, 0.29) is 5.78 Å². The molecule has 0 aromatic carbocycles. The molecular formula is C10H21O5P. The Morgan fingerprint density at radius 2 is 1.69 bits per heavy atom. The van der Waals surface area contributed by atoms with Crippen LogP contribution in [0.25, 0.3) is 0 Å². The third-order valence-electron chi connectivity index (χ3n) is 2.09. The van der Waals surface area contributed by atoms with Crippen molar-refractivity contribution >= 4 is 13.4 Å². The summed E-state index contributed by atoms with van der Waals surface area (Å²) in [7, 11) is -0.140. The molecule has 0 saturated carbocycles. The predicted molar refractivity (Wildman–Crippen MR) is 61.8 cm³/mol. The van der Waals surface area contributed by atoms with Gasteiger partial charge in [0.15, 0.2) is 0 Å². The summed E-state index contributed by atoms with van der Waals surface area (Å²) in [6.07, 6.45) is 2.27. The minimum absolute atomic E-state index is 0.173. The molecule has 0 heterocycles. The van der Waals surface area contributed by atoms with Crippen LogP contribution in [0.1, 0.15) is 26.2 Å².